The van der Waals surface area contributed by atoms with Crippen molar-refractivity contribution in [1.82, 2.24) is 25.8 Å². The second-order valence-corrected chi connectivity index (χ2v) is 16.5. The molecule has 19 heteroatoms. The maximum Gasteiger partial charge on any atom is 0.272 e. The number of methoxy groups -OCH3 is 2. The Kier molecular flexibility index (Phi) is 34.8. The largest absolute Gasteiger partial charge is 0.382 e. The third-order valence-electron chi connectivity index (χ3n) is 10.6. The van der Waals surface area contributed by atoms with Crippen molar-refractivity contribution in [3.8, 4) is 0 Å². The Hall–Kier alpha value is -5.35. The number of nitrogens with zero attached hydrogens (tertiary/aromatic N) is 3. The van der Waals surface area contributed by atoms with Crippen LogP contribution < -0.4 is 10.6 Å². The molecule has 0 aromatic heterocycles. The van der Waals surface area contributed by atoms with Crippen molar-refractivity contribution in [1.29, 1.82) is 0 Å². The van der Waals surface area contributed by atoms with Gasteiger partial charge in [-0.05, 0) is 55.2 Å². The van der Waals surface area contributed by atoms with E-state index < -0.39 is 0 Å². The van der Waals surface area contributed by atoms with Gasteiger partial charge in [0.05, 0.1) is 66.0 Å². The zero-order valence-electron chi connectivity index (χ0n) is 42.5. The quantitative estimate of drug-likeness (QED) is 0.0542. The van der Waals surface area contributed by atoms with E-state index in [1.165, 1.54) is 15.2 Å². The lowest BCUT2D eigenvalue weighted by molar-refractivity contribution is -0.196. The molecule has 2 N–H and O–H groups in total. The zero-order valence-corrected chi connectivity index (χ0v) is 42.5. The molecule has 0 spiro atoms. The molecule has 19 nitrogen and oxygen atoms in total. The Labute approximate surface area is 425 Å². The summed E-state index contributed by atoms with van der Waals surface area (Å²) >= 11 is 0. The van der Waals surface area contributed by atoms with Gasteiger partial charge in [-0.25, -0.2) is 15.2 Å². The van der Waals surface area contributed by atoms with Crippen LogP contribution in [0.3, 0.4) is 0 Å². The van der Waals surface area contributed by atoms with Crippen molar-refractivity contribution in [2.75, 3.05) is 113 Å². The Bertz CT molecular complexity index is 1870. The first-order valence-electron chi connectivity index (χ1n) is 25.0. The van der Waals surface area contributed by atoms with E-state index in [2.05, 4.69) is 10.6 Å². The molecule has 3 rings (SSSR count). The Morgan fingerprint density at radius 2 is 0.750 bits per heavy atom. The van der Waals surface area contributed by atoms with E-state index in [0.29, 0.717) is 105 Å². The number of unbranched alkanes of at least 4 members (excludes halogenated alkanes) is 4. The number of carbonyl (C=O) groups is 5. The molecular formula is C53H79N5O14. The molecule has 0 heterocycles. The van der Waals surface area contributed by atoms with Gasteiger partial charge in [-0.15, -0.1) is 0 Å². The third kappa shape index (κ3) is 30.5. The molecule has 0 atom stereocenters. The Balaban J connectivity index is 1.35. The second-order valence-electron chi connectivity index (χ2n) is 16.5. The average molecular weight is 1010 g/mol. The normalized spacial score (nSPS) is 11.0. The molecule has 0 unspecified atom stereocenters. The molecule has 3 aromatic rings. The standard InChI is InChI=1S/C53H79N5O14/c1-64-34-36-67-39-38-66-33-32-58(72-44-48-22-12-5-13-23-48)52(62)27-25-50(60)55-28-14-6-16-30-56(70-42-46-18-8-3-9-19-46)51(61)26-24-49(59)54-29-15-7-17-31-57(71-43-47-20-10-4-11-21-47)53(63)45-69-41-40-68-37-35-65-2/h3-5,8-13,18-23H,6-7,14-17,24-45H2,1-2H3,(H,54,59)(H,55,60). The fourth-order valence-corrected chi connectivity index (χ4v) is 6.61. The summed E-state index contributed by atoms with van der Waals surface area (Å²) in [6.45, 7) is 5.67. The fourth-order valence-electron chi connectivity index (χ4n) is 6.61. The van der Waals surface area contributed by atoms with Crippen LogP contribution in [0.4, 0.5) is 0 Å². The minimum absolute atomic E-state index is 0.00139. The van der Waals surface area contributed by atoms with Crippen LogP contribution in [0.5, 0.6) is 0 Å². The van der Waals surface area contributed by atoms with Crippen LogP contribution in [0.15, 0.2) is 91.0 Å². The van der Waals surface area contributed by atoms with Gasteiger partial charge in [0.15, 0.2) is 0 Å². The Morgan fingerprint density at radius 3 is 1.17 bits per heavy atom. The van der Waals surface area contributed by atoms with E-state index in [0.717, 1.165) is 23.1 Å². The summed E-state index contributed by atoms with van der Waals surface area (Å²) in [5.74, 6) is -1.42. The number of amides is 5. The van der Waals surface area contributed by atoms with Crippen LogP contribution in [-0.4, -0.2) is 158 Å². The topological polar surface area (TPSA) is 202 Å². The molecule has 0 aliphatic carbocycles. The maximum atomic E-state index is 13.4. The first-order chi connectivity index (χ1) is 35.3. The molecule has 3 aromatic carbocycles. The van der Waals surface area contributed by atoms with Crippen LogP contribution in [0.1, 0.15) is 80.9 Å². The number of hydrogen-bond donors (Lipinski definition) is 2. The van der Waals surface area contributed by atoms with Crippen LogP contribution in [0.25, 0.3) is 0 Å². The summed E-state index contributed by atoms with van der Waals surface area (Å²) in [6.07, 6.45) is 3.93. The van der Waals surface area contributed by atoms with Gasteiger partial charge < -0.3 is 39.1 Å². The van der Waals surface area contributed by atoms with Gasteiger partial charge in [0.1, 0.15) is 26.4 Å². The molecule has 0 saturated carbocycles. The molecule has 0 saturated heterocycles. The summed E-state index contributed by atoms with van der Waals surface area (Å²) in [5, 5.41) is 9.69. The lowest BCUT2D eigenvalue weighted by Gasteiger charge is -2.22. The summed E-state index contributed by atoms with van der Waals surface area (Å²) in [5.41, 5.74) is 2.73. The van der Waals surface area contributed by atoms with Crippen molar-refractivity contribution < 1.29 is 66.9 Å². The van der Waals surface area contributed by atoms with Gasteiger partial charge in [-0.1, -0.05) is 91.0 Å². The number of benzene rings is 3. The van der Waals surface area contributed by atoms with Crippen molar-refractivity contribution in [2.45, 2.75) is 84.0 Å². The fraction of sp³-hybridized carbons (Fsp3) is 0.566. The van der Waals surface area contributed by atoms with Crippen molar-refractivity contribution >= 4 is 29.5 Å². The molecule has 400 valence electrons. The molecular weight excluding hydrogens is 931 g/mol. The highest BCUT2D eigenvalue weighted by atomic mass is 16.7. The van der Waals surface area contributed by atoms with Gasteiger partial charge in [0, 0.05) is 66.1 Å². The molecule has 72 heavy (non-hydrogen) atoms. The van der Waals surface area contributed by atoms with Crippen molar-refractivity contribution in [3.63, 3.8) is 0 Å². The predicted octanol–water partition coefficient (Wildman–Crippen LogP) is 5.36. The smallest absolute Gasteiger partial charge is 0.272 e. The van der Waals surface area contributed by atoms with Crippen molar-refractivity contribution in [3.05, 3.63) is 108 Å². The number of hydrogen-bond acceptors (Lipinski definition) is 14. The number of rotatable bonds is 44. The van der Waals surface area contributed by atoms with Gasteiger partial charge in [0.25, 0.3) is 5.91 Å². The zero-order chi connectivity index (χ0) is 51.5. The molecule has 0 radical (unpaired) electrons. The molecule has 0 bridgehead atoms. The number of ether oxygens (including phenoxy) is 6. The van der Waals surface area contributed by atoms with E-state index in [1.54, 1.807) is 14.2 Å². The van der Waals surface area contributed by atoms with Gasteiger partial charge in [-0.3, -0.25) is 38.5 Å². The van der Waals surface area contributed by atoms with E-state index >= 15 is 0 Å². The first kappa shape index (κ1) is 61.0. The summed E-state index contributed by atoms with van der Waals surface area (Å²) in [4.78, 5) is 82.6. The van der Waals surface area contributed by atoms with Crippen LogP contribution >= 0.6 is 0 Å². The SMILES string of the molecule is COCCOCCOCCN(OCc1ccccc1)C(=O)CCC(=O)NCCCCCN(OCc1ccccc1)C(=O)CCC(=O)NCCCCCN(OCc1ccccc1)C(=O)COCCOCCOC. The van der Waals surface area contributed by atoms with E-state index in [9.17, 15) is 24.0 Å². The summed E-state index contributed by atoms with van der Waals surface area (Å²) < 4.78 is 31.8. The third-order valence-corrected chi connectivity index (χ3v) is 10.6. The maximum absolute atomic E-state index is 13.4. The average Bonchev–Trinajstić information content (AvgIpc) is 3.40. The predicted molar refractivity (Wildman–Crippen MR) is 268 cm³/mol. The van der Waals surface area contributed by atoms with E-state index in [4.69, 9.17) is 42.9 Å². The minimum Gasteiger partial charge on any atom is -0.382 e. The number of carbonyl (C=O) groups excluding carboxylic acids is 5. The van der Waals surface area contributed by atoms with Crippen LogP contribution in [0.2, 0.25) is 0 Å². The summed E-state index contributed by atoms with van der Waals surface area (Å²) in [6, 6.07) is 28.6. The Morgan fingerprint density at radius 1 is 0.389 bits per heavy atom. The lowest BCUT2D eigenvalue weighted by atomic mass is 10.2. The van der Waals surface area contributed by atoms with E-state index in [1.807, 2.05) is 91.0 Å². The molecule has 0 fully saturated rings. The second kappa shape index (κ2) is 41.2. The number of nitrogens with one attached hydrogen (secondary N) is 2. The minimum atomic E-state index is -0.326. The van der Waals surface area contributed by atoms with Crippen LogP contribution in [0, 0.1) is 0 Å². The first-order valence-corrected chi connectivity index (χ1v) is 25.0. The van der Waals surface area contributed by atoms with Gasteiger partial charge in [0.2, 0.25) is 23.6 Å². The van der Waals surface area contributed by atoms with Crippen molar-refractivity contribution in [2.24, 2.45) is 0 Å². The highest BCUT2D eigenvalue weighted by Gasteiger charge is 2.19. The molecule has 5 amide bonds. The molecule has 0 aliphatic heterocycles. The van der Waals surface area contributed by atoms with Crippen LogP contribution in [-0.2, 0) is 86.7 Å². The lowest BCUT2D eigenvalue weighted by Crippen LogP contribution is -2.35. The number of hydroxylamine groups is 6. The molecule has 0 aliphatic rings. The van der Waals surface area contributed by atoms with Gasteiger partial charge >= 0.3 is 0 Å². The highest BCUT2D eigenvalue weighted by molar-refractivity contribution is 5.84. The summed E-state index contributed by atoms with van der Waals surface area (Å²) in [7, 11) is 3.20. The monoisotopic (exact) mass is 1010 g/mol. The van der Waals surface area contributed by atoms with Gasteiger partial charge in [-0.2, -0.15) is 0 Å². The van der Waals surface area contributed by atoms with E-state index in [-0.39, 0.29) is 101 Å². The highest BCUT2D eigenvalue weighted by Crippen LogP contribution is 2.11.